The molecular formula is C14H15F3N4O2S. The van der Waals surface area contributed by atoms with Gasteiger partial charge < -0.3 is 10.1 Å². The first-order valence-corrected chi connectivity index (χ1v) is 7.73. The molecule has 1 aromatic carbocycles. The summed E-state index contributed by atoms with van der Waals surface area (Å²) in [6.07, 6.45) is -2.99. The number of halogens is 3. The van der Waals surface area contributed by atoms with Gasteiger partial charge in [-0.25, -0.2) is 0 Å². The molecule has 0 radical (unpaired) electrons. The van der Waals surface area contributed by atoms with Crippen molar-refractivity contribution in [3.8, 4) is 11.4 Å². The van der Waals surface area contributed by atoms with Crippen LogP contribution in [0.2, 0.25) is 0 Å². The van der Waals surface area contributed by atoms with Crippen molar-refractivity contribution < 1.29 is 22.7 Å². The quantitative estimate of drug-likeness (QED) is 0.802. The van der Waals surface area contributed by atoms with E-state index >= 15 is 0 Å². The second-order valence-electron chi connectivity index (χ2n) is 4.78. The van der Waals surface area contributed by atoms with Crippen molar-refractivity contribution in [2.24, 2.45) is 0 Å². The van der Waals surface area contributed by atoms with Gasteiger partial charge in [-0.15, -0.1) is 10.2 Å². The number of rotatable bonds is 6. The van der Waals surface area contributed by atoms with E-state index in [-0.39, 0.29) is 0 Å². The molecule has 1 N–H and O–H groups in total. The van der Waals surface area contributed by atoms with Crippen LogP contribution in [0.4, 0.5) is 13.2 Å². The first kappa shape index (κ1) is 18.1. The normalized spacial score (nSPS) is 12.7. The fraction of sp³-hybridized carbons (Fsp3) is 0.357. The van der Waals surface area contributed by atoms with E-state index in [1.54, 1.807) is 28.8 Å². The molecule has 0 saturated heterocycles. The molecule has 1 heterocycles. The van der Waals surface area contributed by atoms with Gasteiger partial charge in [0.1, 0.15) is 18.6 Å². The van der Waals surface area contributed by atoms with Gasteiger partial charge in [-0.1, -0.05) is 17.8 Å². The highest BCUT2D eigenvalue weighted by atomic mass is 32.2. The van der Waals surface area contributed by atoms with Gasteiger partial charge in [0.25, 0.3) is 0 Å². The molecular weight excluding hydrogens is 345 g/mol. The Morgan fingerprint density at radius 2 is 2.21 bits per heavy atom. The molecule has 0 spiro atoms. The third-order valence-corrected chi connectivity index (χ3v) is 4.02. The van der Waals surface area contributed by atoms with Crippen LogP contribution in [0.15, 0.2) is 35.7 Å². The summed E-state index contributed by atoms with van der Waals surface area (Å²) in [6, 6.07) is 7.10. The van der Waals surface area contributed by atoms with Crippen molar-refractivity contribution in [3.05, 3.63) is 30.6 Å². The number of methoxy groups -OCH3 is 1. The molecule has 0 unspecified atom stereocenters. The first-order chi connectivity index (χ1) is 11.3. The maximum atomic E-state index is 12.2. The van der Waals surface area contributed by atoms with Crippen LogP contribution in [-0.2, 0) is 4.79 Å². The summed E-state index contributed by atoms with van der Waals surface area (Å²) in [4.78, 5) is 11.8. The van der Waals surface area contributed by atoms with Crippen molar-refractivity contribution >= 4 is 17.7 Å². The average Bonchev–Trinajstić information content (AvgIpc) is 3.00. The lowest BCUT2D eigenvalue weighted by molar-refractivity contribution is -0.137. The van der Waals surface area contributed by atoms with Crippen molar-refractivity contribution in [1.29, 1.82) is 0 Å². The van der Waals surface area contributed by atoms with Gasteiger partial charge in [-0.2, -0.15) is 13.2 Å². The maximum Gasteiger partial charge on any atom is 0.405 e. The van der Waals surface area contributed by atoms with Crippen LogP contribution in [0.25, 0.3) is 5.69 Å². The Hall–Kier alpha value is -2.23. The summed E-state index contributed by atoms with van der Waals surface area (Å²) >= 11 is 1.01. The Morgan fingerprint density at radius 3 is 2.88 bits per heavy atom. The number of thioether (sulfide) groups is 1. The smallest absolute Gasteiger partial charge is 0.405 e. The van der Waals surface area contributed by atoms with Crippen LogP contribution in [0.3, 0.4) is 0 Å². The van der Waals surface area contributed by atoms with E-state index < -0.39 is 23.9 Å². The molecule has 1 aromatic heterocycles. The van der Waals surface area contributed by atoms with E-state index in [2.05, 4.69) is 10.2 Å². The molecule has 0 aliphatic carbocycles. The van der Waals surface area contributed by atoms with Crippen LogP contribution in [-0.4, -0.2) is 45.8 Å². The molecule has 0 fully saturated rings. The highest BCUT2D eigenvalue weighted by molar-refractivity contribution is 8.00. The number of nitrogens with zero attached hydrogens (tertiary/aromatic N) is 3. The highest BCUT2D eigenvalue weighted by Gasteiger charge is 2.29. The maximum absolute atomic E-state index is 12.2. The number of nitrogens with one attached hydrogen (secondary N) is 1. The van der Waals surface area contributed by atoms with Crippen LogP contribution < -0.4 is 10.1 Å². The average molecular weight is 360 g/mol. The number of hydrogen-bond acceptors (Lipinski definition) is 5. The Bertz CT molecular complexity index is 705. The van der Waals surface area contributed by atoms with E-state index in [0.717, 1.165) is 11.8 Å². The predicted octanol–water partition coefficient (Wildman–Crippen LogP) is 2.44. The zero-order valence-corrected chi connectivity index (χ0v) is 13.7. The largest absolute Gasteiger partial charge is 0.497 e. The molecule has 24 heavy (non-hydrogen) atoms. The van der Waals surface area contributed by atoms with Crippen LogP contribution in [0.5, 0.6) is 5.75 Å². The van der Waals surface area contributed by atoms with Gasteiger partial charge in [-0.05, 0) is 19.1 Å². The summed E-state index contributed by atoms with van der Waals surface area (Å²) in [5.74, 6) is -0.0920. The SMILES string of the molecule is COc1cccc(-n2cnnc2S[C@H](C)C(=O)NCC(F)(F)F)c1. The van der Waals surface area contributed by atoms with E-state index in [4.69, 9.17) is 4.74 Å². The van der Waals surface area contributed by atoms with E-state index in [9.17, 15) is 18.0 Å². The third kappa shape index (κ3) is 4.88. The van der Waals surface area contributed by atoms with Gasteiger partial charge in [0.15, 0.2) is 5.16 Å². The number of amides is 1. The summed E-state index contributed by atoms with van der Waals surface area (Å²) in [7, 11) is 1.54. The lowest BCUT2D eigenvalue weighted by Gasteiger charge is -2.13. The fourth-order valence-electron chi connectivity index (χ4n) is 1.78. The van der Waals surface area contributed by atoms with Gasteiger partial charge in [0, 0.05) is 6.07 Å². The molecule has 1 amide bonds. The summed E-state index contributed by atoms with van der Waals surface area (Å²) in [5, 5.41) is 9.18. The lowest BCUT2D eigenvalue weighted by Crippen LogP contribution is -2.38. The number of aromatic nitrogens is 3. The Kier molecular flexibility index (Phi) is 5.71. The molecule has 0 saturated carbocycles. The molecule has 1 atom stereocenters. The molecule has 2 aromatic rings. The van der Waals surface area contributed by atoms with Crippen molar-refractivity contribution in [3.63, 3.8) is 0 Å². The third-order valence-electron chi connectivity index (χ3n) is 2.96. The molecule has 2 rings (SSSR count). The number of ether oxygens (including phenoxy) is 1. The molecule has 6 nitrogen and oxygen atoms in total. The minimum Gasteiger partial charge on any atom is -0.497 e. The van der Waals surface area contributed by atoms with Crippen molar-refractivity contribution in [2.45, 2.75) is 23.5 Å². The second-order valence-corrected chi connectivity index (χ2v) is 6.09. The first-order valence-electron chi connectivity index (χ1n) is 6.85. The van der Waals surface area contributed by atoms with E-state index in [1.165, 1.54) is 20.4 Å². The van der Waals surface area contributed by atoms with Gasteiger partial charge in [0.2, 0.25) is 5.91 Å². The zero-order valence-electron chi connectivity index (χ0n) is 12.9. The van der Waals surface area contributed by atoms with Crippen LogP contribution >= 0.6 is 11.8 Å². The standard InChI is InChI=1S/C14H15F3N4O2S/c1-9(12(22)18-7-14(15,16)17)24-13-20-19-8-21(13)10-4-3-5-11(6-10)23-2/h3-6,8-9H,7H2,1-2H3,(H,18,22)/t9-/m1/s1. The molecule has 0 aliphatic heterocycles. The van der Waals surface area contributed by atoms with Crippen LogP contribution in [0, 0.1) is 0 Å². The highest BCUT2D eigenvalue weighted by Crippen LogP contribution is 2.25. The van der Waals surface area contributed by atoms with Crippen LogP contribution in [0.1, 0.15) is 6.92 Å². The topological polar surface area (TPSA) is 69.0 Å². The summed E-state index contributed by atoms with van der Waals surface area (Å²) < 4.78 is 43.2. The summed E-state index contributed by atoms with van der Waals surface area (Å²) in [6.45, 7) is 0.139. The molecule has 10 heteroatoms. The zero-order chi connectivity index (χ0) is 17.7. The van der Waals surface area contributed by atoms with Gasteiger partial charge >= 0.3 is 6.18 Å². The summed E-state index contributed by atoms with van der Waals surface area (Å²) in [5.41, 5.74) is 0.713. The van der Waals surface area contributed by atoms with Crippen molar-refractivity contribution in [2.75, 3.05) is 13.7 Å². The Balaban J connectivity index is 2.08. The van der Waals surface area contributed by atoms with Gasteiger partial charge in [-0.3, -0.25) is 9.36 Å². The minimum atomic E-state index is -4.44. The fourth-order valence-corrected chi connectivity index (χ4v) is 2.65. The monoisotopic (exact) mass is 360 g/mol. The van der Waals surface area contributed by atoms with Gasteiger partial charge in [0.05, 0.1) is 18.0 Å². The van der Waals surface area contributed by atoms with Crippen molar-refractivity contribution in [1.82, 2.24) is 20.1 Å². The van der Waals surface area contributed by atoms with E-state index in [1.807, 2.05) is 5.32 Å². The number of hydrogen-bond donors (Lipinski definition) is 1. The lowest BCUT2D eigenvalue weighted by atomic mass is 10.3. The Morgan fingerprint density at radius 1 is 1.46 bits per heavy atom. The Labute approximate surface area is 140 Å². The number of benzene rings is 1. The second kappa shape index (κ2) is 7.56. The minimum absolute atomic E-state index is 0.387. The molecule has 0 aliphatic rings. The molecule has 0 bridgehead atoms. The number of alkyl halides is 3. The van der Waals surface area contributed by atoms with E-state index in [0.29, 0.717) is 16.6 Å². The number of carbonyl (C=O) groups is 1. The predicted molar refractivity (Wildman–Crippen MR) is 82.3 cm³/mol. The molecule has 130 valence electrons. The number of carbonyl (C=O) groups excluding carboxylic acids is 1.